The van der Waals surface area contributed by atoms with Crippen molar-refractivity contribution in [1.82, 2.24) is 0 Å². The Morgan fingerprint density at radius 1 is 0.857 bits per heavy atom. The molecule has 0 aliphatic rings. The molecule has 14 heavy (non-hydrogen) atoms. The van der Waals surface area contributed by atoms with Crippen molar-refractivity contribution in [1.29, 1.82) is 0 Å². The number of aliphatic hydroxyl groups excluding tert-OH is 1. The maximum atomic E-state index is 10.1. The van der Waals surface area contributed by atoms with Crippen LogP contribution in [0, 0.1) is 0 Å². The van der Waals surface area contributed by atoms with Crippen molar-refractivity contribution in [3.8, 4) is 0 Å². The van der Waals surface area contributed by atoms with Gasteiger partial charge in [0.15, 0.2) is 0 Å². The molecule has 0 fully saturated rings. The standard InChI is InChI=1S/C11H22O3/c12-10-8-6-4-2-1-3-5-7-9-11(13)14/h12H,1-10H2,(H,13,14)/p-1. The summed E-state index contributed by atoms with van der Waals surface area (Å²) in [5.74, 6) is -0.937. The van der Waals surface area contributed by atoms with Crippen molar-refractivity contribution in [3.05, 3.63) is 0 Å². The monoisotopic (exact) mass is 201 g/mol. The highest BCUT2D eigenvalue weighted by molar-refractivity contribution is 5.63. The summed E-state index contributed by atoms with van der Waals surface area (Å²) in [7, 11) is 0. The smallest absolute Gasteiger partial charge is 0.0431 e. The Balaban J connectivity index is 2.88. The van der Waals surface area contributed by atoms with Crippen LogP contribution in [0.1, 0.15) is 57.8 Å². The minimum atomic E-state index is -0.937. The predicted octanol–water partition coefficient (Wildman–Crippen LogP) is 1.24. The van der Waals surface area contributed by atoms with Crippen LogP contribution < -0.4 is 5.11 Å². The molecule has 0 spiro atoms. The Kier molecular flexibility index (Phi) is 10.1. The predicted molar refractivity (Wildman–Crippen MR) is 53.6 cm³/mol. The second-order valence-corrected chi connectivity index (χ2v) is 3.67. The second-order valence-electron chi connectivity index (χ2n) is 3.67. The number of hydrogen-bond acceptors (Lipinski definition) is 3. The van der Waals surface area contributed by atoms with E-state index in [0.29, 0.717) is 6.61 Å². The first-order valence-electron chi connectivity index (χ1n) is 5.58. The highest BCUT2D eigenvalue weighted by atomic mass is 16.4. The molecule has 0 bridgehead atoms. The van der Waals surface area contributed by atoms with Crippen molar-refractivity contribution in [3.63, 3.8) is 0 Å². The number of rotatable bonds is 10. The number of aliphatic carboxylic acids is 1. The first kappa shape index (κ1) is 13.4. The van der Waals surface area contributed by atoms with Gasteiger partial charge < -0.3 is 15.0 Å². The number of carboxylic acid groups (broad SMARTS) is 1. The van der Waals surface area contributed by atoms with Crippen molar-refractivity contribution < 1.29 is 15.0 Å². The Bertz CT molecular complexity index is 134. The highest BCUT2D eigenvalue weighted by Crippen LogP contribution is 2.09. The fourth-order valence-electron chi connectivity index (χ4n) is 1.44. The van der Waals surface area contributed by atoms with Crippen molar-refractivity contribution in [2.45, 2.75) is 57.8 Å². The van der Waals surface area contributed by atoms with E-state index < -0.39 is 5.97 Å². The molecule has 1 N–H and O–H groups in total. The average Bonchev–Trinajstić information content (AvgIpc) is 2.15. The summed E-state index contributed by atoms with van der Waals surface area (Å²) < 4.78 is 0. The molecule has 0 aliphatic carbocycles. The lowest BCUT2D eigenvalue weighted by atomic mass is 10.1. The van der Waals surface area contributed by atoms with Gasteiger partial charge in [-0.2, -0.15) is 0 Å². The molecule has 84 valence electrons. The Morgan fingerprint density at radius 2 is 1.29 bits per heavy atom. The summed E-state index contributed by atoms with van der Waals surface area (Å²) in [6.45, 7) is 0.297. The molecule has 3 heteroatoms. The number of unbranched alkanes of at least 4 members (excludes halogenated alkanes) is 7. The zero-order chi connectivity index (χ0) is 10.6. The van der Waals surface area contributed by atoms with E-state index >= 15 is 0 Å². The third-order valence-corrected chi connectivity index (χ3v) is 2.29. The van der Waals surface area contributed by atoms with Gasteiger partial charge in [0.2, 0.25) is 0 Å². The van der Waals surface area contributed by atoms with E-state index in [1.165, 1.54) is 19.3 Å². The SMILES string of the molecule is O=C([O-])CCCCCCCCCCO. The van der Waals surface area contributed by atoms with E-state index in [9.17, 15) is 9.90 Å². The van der Waals surface area contributed by atoms with Crippen LogP contribution >= 0.6 is 0 Å². The minimum absolute atomic E-state index is 0.199. The second kappa shape index (κ2) is 10.5. The summed E-state index contributed by atoms with van der Waals surface area (Å²) in [4.78, 5) is 10.1. The van der Waals surface area contributed by atoms with Crippen molar-refractivity contribution in [2.24, 2.45) is 0 Å². The molecular formula is C11H21O3-. The van der Waals surface area contributed by atoms with E-state index in [1.807, 2.05) is 0 Å². The number of carbonyl (C=O) groups is 1. The van der Waals surface area contributed by atoms with Crippen LogP contribution in [-0.2, 0) is 4.79 Å². The molecule has 0 aliphatic heterocycles. The molecule has 0 aromatic carbocycles. The molecule has 0 rings (SSSR count). The van der Waals surface area contributed by atoms with Crippen molar-refractivity contribution in [2.75, 3.05) is 6.61 Å². The first-order chi connectivity index (χ1) is 6.77. The summed E-state index contributed by atoms with van der Waals surface area (Å²) in [5, 5.41) is 18.6. The van der Waals surface area contributed by atoms with Gasteiger partial charge in [-0.3, -0.25) is 0 Å². The van der Waals surface area contributed by atoms with E-state index in [-0.39, 0.29) is 6.42 Å². The molecule has 0 unspecified atom stereocenters. The fourth-order valence-corrected chi connectivity index (χ4v) is 1.44. The third kappa shape index (κ3) is 11.4. The molecule has 0 aromatic rings. The molecule has 3 nitrogen and oxygen atoms in total. The van der Waals surface area contributed by atoms with Gasteiger partial charge in [-0.15, -0.1) is 0 Å². The molecule has 0 heterocycles. The number of carbonyl (C=O) groups excluding carboxylic acids is 1. The number of carboxylic acids is 1. The zero-order valence-corrected chi connectivity index (χ0v) is 8.83. The minimum Gasteiger partial charge on any atom is -0.550 e. The van der Waals surface area contributed by atoms with Gasteiger partial charge in [-0.05, 0) is 19.3 Å². The highest BCUT2D eigenvalue weighted by Gasteiger charge is 1.92. The Morgan fingerprint density at radius 3 is 1.71 bits per heavy atom. The lowest BCUT2D eigenvalue weighted by molar-refractivity contribution is -0.305. The van der Waals surface area contributed by atoms with E-state index in [1.54, 1.807) is 0 Å². The van der Waals surface area contributed by atoms with Gasteiger partial charge in [-0.1, -0.05) is 38.5 Å². The molecular weight excluding hydrogens is 180 g/mol. The molecule has 0 aromatic heterocycles. The quantitative estimate of drug-likeness (QED) is 0.541. The molecule has 0 atom stereocenters. The Labute approximate surface area is 86.1 Å². The maximum absolute atomic E-state index is 10.1. The Hall–Kier alpha value is -0.570. The molecule has 0 radical (unpaired) electrons. The fraction of sp³-hybridized carbons (Fsp3) is 0.909. The van der Waals surface area contributed by atoms with E-state index in [0.717, 1.165) is 32.1 Å². The molecule has 0 saturated carbocycles. The summed E-state index contributed by atoms with van der Waals surface area (Å²) in [6, 6.07) is 0. The van der Waals surface area contributed by atoms with Crippen LogP contribution in [-0.4, -0.2) is 17.7 Å². The number of hydrogen-bond donors (Lipinski definition) is 1. The van der Waals surface area contributed by atoms with Crippen LogP contribution in [0.4, 0.5) is 0 Å². The number of aliphatic hydroxyl groups is 1. The first-order valence-corrected chi connectivity index (χ1v) is 5.58. The topological polar surface area (TPSA) is 60.4 Å². The van der Waals surface area contributed by atoms with Gasteiger partial charge in [0.1, 0.15) is 0 Å². The summed E-state index contributed by atoms with van der Waals surface area (Å²) in [6.07, 6.45) is 8.63. The zero-order valence-electron chi connectivity index (χ0n) is 8.83. The van der Waals surface area contributed by atoms with Gasteiger partial charge in [-0.25, -0.2) is 0 Å². The van der Waals surface area contributed by atoms with Crippen LogP contribution in [0.3, 0.4) is 0 Å². The van der Waals surface area contributed by atoms with Crippen LogP contribution in [0.15, 0.2) is 0 Å². The maximum Gasteiger partial charge on any atom is 0.0431 e. The van der Waals surface area contributed by atoms with Crippen LogP contribution in [0.5, 0.6) is 0 Å². The van der Waals surface area contributed by atoms with Gasteiger partial charge in [0, 0.05) is 12.6 Å². The summed E-state index contributed by atoms with van der Waals surface area (Å²) in [5.41, 5.74) is 0. The van der Waals surface area contributed by atoms with E-state index in [2.05, 4.69) is 0 Å². The van der Waals surface area contributed by atoms with Gasteiger partial charge >= 0.3 is 0 Å². The average molecular weight is 201 g/mol. The normalized spacial score (nSPS) is 10.4. The largest absolute Gasteiger partial charge is 0.550 e. The summed E-state index contributed by atoms with van der Waals surface area (Å²) >= 11 is 0. The van der Waals surface area contributed by atoms with Gasteiger partial charge in [0.25, 0.3) is 0 Å². The lowest BCUT2D eigenvalue weighted by Crippen LogP contribution is -2.21. The van der Waals surface area contributed by atoms with Gasteiger partial charge in [0.05, 0.1) is 0 Å². The lowest BCUT2D eigenvalue weighted by Gasteiger charge is -2.02. The van der Waals surface area contributed by atoms with Crippen molar-refractivity contribution >= 4 is 5.97 Å². The molecule has 0 saturated heterocycles. The van der Waals surface area contributed by atoms with E-state index in [4.69, 9.17) is 5.11 Å². The van der Waals surface area contributed by atoms with Crippen LogP contribution in [0.25, 0.3) is 0 Å². The van der Waals surface area contributed by atoms with Crippen LogP contribution in [0.2, 0.25) is 0 Å². The third-order valence-electron chi connectivity index (χ3n) is 2.29. The molecule has 0 amide bonds.